The summed E-state index contributed by atoms with van der Waals surface area (Å²) in [5, 5.41) is 3.14. The van der Waals surface area contributed by atoms with Gasteiger partial charge in [0.1, 0.15) is 12.6 Å². The molecule has 0 amide bonds. The van der Waals surface area contributed by atoms with Crippen LogP contribution in [-0.2, 0) is 16.1 Å². The van der Waals surface area contributed by atoms with E-state index in [-0.39, 0.29) is 12.0 Å². The van der Waals surface area contributed by atoms with Crippen molar-refractivity contribution in [3.8, 4) is 0 Å². The normalized spacial score (nSPS) is 19.2. The molecule has 0 spiro atoms. The zero-order chi connectivity index (χ0) is 13.0. The van der Waals surface area contributed by atoms with E-state index in [1.165, 1.54) is 5.56 Å². The predicted molar refractivity (Wildman–Crippen MR) is 71.4 cm³/mol. The molecule has 98 valence electrons. The number of rotatable bonds is 4. The molecule has 1 aliphatic rings. The molecule has 0 aliphatic carbocycles. The first kappa shape index (κ1) is 13.1. The van der Waals surface area contributed by atoms with E-state index in [1.807, 2.05) is 12.1 Å². The highest BCUT2D eigenvalue weighted by molar-refractivity contribution is 5.76. The largest absolute Gasteiger partial charge is 0.460 e. The zero-order valence-electron chi connectivity index (χ0n) is 11.1. The molecule has 1 heterocycles. The van der Waals surface area contributed by atoms with Crippen LogP contribution < -0.4 is 5.32 Å². The molecule has 18 heavy (non-hydrogen) atoms. The average Bonchev–Trinajstić information content (AvgIpc) is 2.90. The third-order valence-corrected chi connectivity index (χ3v) is 3.37. The first-order valence-electron chi connectivity index (χ1n) is 6.65. The maximum absolute atomic E-state index is 11.7. The minimum absolute atomic E-state index is 0.0973. The molecule has 1 saturated heterocycles. The molecule has 1 unspecified atom stereocenters. The lowest BCUT2D eigenvalue weighted by atomic mass is 10.0. The summed E-state index contributed by atoms with van der Waals surface area (Å²) in [6.07, 6.45) is 1.95. The van der Waals surface area contributed by atoms with Gasteiger partial charge in [0, 0.05) is 0 Å². The molecule has 1 N–H and O–H groups in total. The number of esters is 1. The Bertz CT molecular complexity index is 391. The summed E-state index contributed by atoms with van der Waals surface area (Å²) < 4.78 is 5.31. The van der Waals surface area contributed by atoms with Crippen LogP contribution in [0.3, 0.4) is 0 Å². The summed E-state index contributed by atoms with van der Waals surface area (Å²) in [7, 11) is 0. The van der Waals surface area contributed by atoms with E-state index in [0.29, 0.717) is 12.5 Å². The summed E-state index contributed by atoms with van der Waals surface area (Å²) in [5.74, 6) is 0.407. The van der Waals surface area contributed by atoms with Crippen molar-refractivity contribution in [3.63, 3.8) is 0 Å². The fourth-order valence-corrected chi connectivity index (χ4v) is 2.14. The van der Waals surface area contributed by atoms with Gasteiger partial charge >= 0.3 is 5.97 Å². The third-order valence-electron chi connectivity index (χ3n) is 3.37. The van der Waals surface area contributed by atoms with E-state index >= 15 is 0 Å². The van der Waals surface area contributed by atoms with Crippen LogP contribution in [0.1, 0.15) is 43.7 Å². The van der Waals surface area contributed by atoms with Crippen LogP contribution >= 0.6 is 0 Å². The lowest BCUT2D eigenvalue weighted by Gasteiger charge is -2.11. The summed E-state index contributed by atoms with van der Waals surface area (Å²) in [6, 6.07) is 8.17. The number of carbonyl (C=O) groups excluding carboxylic acids is 1. The summed E-state index contributed by atoms with van der Waals surface area (Å²) in [5.41, 5.74) is 2.35. The highest BCUT2D eigenvalue weighted by Gasteiger charge is 2.23. The minimum Gasteiger partial charge on any atom is -0.460 e. The maximum atomic E-state index is 11.7. The number of ether oxygens (including phenoxy) is 1. The second-order valence-corrected chi connectivity index (χ2v) is 5.15. The van der Waals surface area contributed by atoms with Gasteiger partial charge in [-0.25, -0.2) is 0 Å². The van der Waals surface area contributed by atoms with Crippen LogP contribution in [0.15, 0.2) is 24.3 Å². The Hall–Kier alpha value is -1.35. The fraction of sp³-hybridized carbons (Fsp3) is 0.533. The summed E-state index contributed by atoms with van der Waals surface area (Å²) in [6.45, 7) is 5.62. The van der Waals surface area contributed by atoms with Gasteiger partial charge in [0.2, 0.25) is 0 Å². The Morgan fingerprint density at radius 1 is 1.39 bits per heavy atom. The SMILES string of the molecule is CC(C)c1ccc(COC(=O)C2CCCN2)cc1. The van der Waals surface area contributed by atoms with Gasteiger partial charge in [0.05, 0.1) is 0 Å². The van der Waals surface area contributed by atoms with Gasteiger partial charge in [-0.05, 0) is 36.4 Å². The number of nitrogens with one attached hydrogen (secondary N) is 1. The van der Waals surface area contributed by atoms with Crippen molar-refractivity contribution in [2.75, 3.05) is 6.54 Å². The molecule has 0 aromatic heterocycles. The maximum Gasteiger partial charge on any atom is 0.323 e. The standard InChI is InChI=1S/C15H21NO2/c1-11(2)13-7-5-12(6-8-13)10-18-15(17)14-4-3-9-16-14/h5-8,11,14,16H,3-4,9-10H2,1-2H3. The highest BCUT2D eigenvalue weighted by Crippen LogP contribution is 2.15. The average molecular weight is 247 g/mol. The van der Waals surface area contributed by atoms with E-state index in [4.69, 9.17) is 4.74 Å². The van der Waals surface area contributed by atoms with Crippen LogP contribution in [0, 0.1) is 0 Å². The molecule has 0 bridgehead atoms. The van der Waals surface area contributed by atoms with Crippen molar-refractivity contribution in [1.29, 1.82) is 0 Å². The molecule has 1 aromatic rings. The number of hydrogen-bond donors (Lipinski definition) is 1. The van der Waals surface area contributed by atoms with Crippen molar-refractivity contribution < 1.29 is 9.53 Å². The Kier molecular flexibility index (Phi) is 4.37. The van der Waals surface area contributed by atoms with E-state index in [9.17, 15) is 4.79 Å². The van der Waals surface area contributed by atoms with Crippen LogP contribution in [-0.4, -0.2) is 18.6 Å². The molecular weight excluding hydrogens is 226 g/mol. The van der Waals surface area contributed by atoms with Gasteiger partial charge in [-0.2, -0.15) is 0 Å². The van der Waals surface area contributed by atoms with Crippen molar-refractivity contribution in [2.45, 2.75) is 45.3 Å². The molecule has 0 saturated carbocycles. The summed E-state index contributed by atoms with van der Waals surface area (Å²) >= 11 is 0. The van der Waals surface area contributed by atoms with Gasteiger partial charge in [-0.3, -0.25) is 4.79 Å². The van der Waals surface area contributed by atoms with Crippen molar-refractivity contribution >= 4 is 5.97 Å². The topological polar surface area (TPSA) is 38.3 Å². The van der Waals surface area contributed by atoms with Crippen LogP contribution in [0.4, 0.5) is 0 Å². The van der Waals surface area contributed by atoms with Crippen molar-refractivity contribution in [1.82, 2.24) is 5.32 Å². The van der Waals surface area contributed by atoms with Crippen molar-refractivity contribution in [3.05, 3.63) is 35.4 Å². The fourth-order valence-electron chi connectivity index (χ4n) is 2.14. The van der Waals surface area contributed by atoms with Gasteiger partial charge in [0.15, 0.2) is 0 Å². The molecule has 0 radical (unpaired) electrons. The minimum atomic E-state index is -0.125. The second kappa shape index (κ2) is 6.01. The first-order chi connectivity index (χ1) is 8.66. The Labute approximate surface area is 109 Å². The van der Waals surface area contributed by atoms with Crippen LogP contribution in [0.5, 0.6) is 0 Å². The molecule has 3 nitrogen and oxygen atoms in total. The zero-order valence-corrected chi connectivity index (χ0v) is 11.1. The molecule has 3 heteroatoms. The predicted octanol–water partition coefficient (Wildman–Crippen LogP) is 2.61. The number of carbonyl (C=O) groups is 1. The van der Waals surface area contributed by atoms with E-state index in [0.717, 1.165) is 24.9 Å². The number of benzene rings is 1. The summed E-state index contributed by atoms with van der Waals surface area (Å²) in [4.78, 5) is 11.7. The smallest absolute Gasteiger partial charge is 0.323 e. The Morgan fingerprint density at radius 3 is 2.67 bits per heavy atom. The molecular formula is C15H21NO2. The number of hydrogen-bond acceptors (Lipinski definition) is 3. The lowest BCUT2D eigenvalue weighted by molar-refractivity contribution is -0.147. The molecule has 1 aliphatic heterocycles. The van der Waals surface area contributed by atoms with E-state index in [1.54, 1.807) is 0 Å². The molecule has 1 aromatic carbocycles. The quantitative estimate of drug-likeness (QED) is 0.831. The van der Waals surface area contributed by atoms with E-state index < -0.39 is 0 Å². The molecule has 2 rings (SSSR count). The van der Waals surface area contributed by atoms with Gasteiger partial charge in [0.25, 0.3) is 0 Å². The monoisotopic (exact) mass is 247 g/mol. The van der Waals surface area contributed by atoms with Crippen LogP contribution in [0.2, 0.25) is 0 Å². The highest BCUT2D eigenvalue weighted by atomic mass is 16.5. The van der Waals surface area contributed by atoms with Gasteiger partial charge in [-0.15, -0.1) is 0 Å². The van der Waals surface area contributed by atoms with Crippen LogP contribution in [0.25, 0.3) is 0 Å². The Balaban J connectivity index is 1.84. The first-order valence-corrected chi connectivity index (χ1v) is 6.65. The lowest BCUT2D eigenvalue weighted by Crippen LogP contribution is -2.32. The molecule has 1 fully saturated rings. The second-order valence-electron chi connectivity index (χ2n) is 5.15. The van der Waals surface area contributed by atoms with Gasteiger partial charge in [-0.1, -0.05) is 38.1 Å². The van der Waals surface area contributed by atoms with Gasteiger partial charge < -0.3 is 10.1 Å². The van der Waals surface area contributed by atoms with Crippen molar-refractivity contribution in [2.24, 2.45) is 0 Å². The Morgan fingerprint density at radius 2 is 2.11 bits per heavy atom. The third kappa shape index (κ3) is 3.33. The molecule has 1 atom stereocenters. The van der Waals surface area contributed by atoms with E-state index in [2.05, 4.69) is 31.3 Å².